The minimum atomic E-state index is -0.0151. The number of thiocarbonyl (C=S) groups is 1. The van der Waals surface area contributed by atoms with Crippen LogP contribution >= 0.6 is 24.0 Å². The van der Waals surface area contributed by atoms with Gasteiger partial charge in [0.1, 0.15) is 4.32 Å². The first kappa shape index (κ1) is 11.3. The molecule has 0 unspecified atom stereocenters. The van der Waals surface area contributed by atoms with E-state index in [0.717, 1.165) is 5.69 Å². The summed E-state index contributed by atoms with van der Waals surface area (Å²) in [4.78, 5) is 14.2. The van der Waals surface area contributed by atoms with Crippen molar-refractivity contribution in [1.82, 2.24) is 14.7 Å². The van der Waals surface area contributed by atoms with Gasteiger partial charge in [-0.2, -0.15) is 5.10 Å². The van der Waals surface area contributed by atoms with Gasteiger partial charge in [-0.25, -0.2) is 0 Å². The third kappa shape index (κ3) is 1.90. The van der Waals surface area contributed by atoms with E-state index in [0.29, 0.717) is 15.8 Å². The number of carbonyl (C=O) groups excluding carboxylic acids is 1. The van der Waals surface area contributed by atoms with Gasteiger partial charge in [-0.3, -0.25) is 14.4 Å². The van der Waals surface area contributed by atoms with Gasteiger partial charge in [-0.1, -0.05) is 24.0 Å². The molecule has 16 heavy (non-hydrogen) atoms. The quantitative estimate of drug-likeness (QED) is 0.593. The minimum Gasteiger partial charge on any atom is -0.293 e. The molecule has 0 atom stereocenters. The Bertz CT molecular complexity index is 478. The van der Waals surface area contributed by atoms with E-state index in [2.05, 4.69) is 5.10 Å². The Kier molecular flexibility index (Phi) is 3.11. The third-order valence-corrected chi connectivity index (χ3v) is 3.71. The molecule has 0 spiro atoms. The van der Waals surface area contributed by atoms with Crippen molar-refractivity contribution in [2.75, 3.05) is 6.54 Å². The number of nitrogens with zero attached hydrogens (tertiary/aromatic N) is 3. The van der Waals surface area contributed by atoms with Crippen LogP contribution in [0.1, 0.15) is 12.6 Å². The zero-order valence-corrected chi connectivity index (χ0v) is 10.6. The highest BCUT2D eigenvalue weighted by Crippen LogP contribution is 2.31. The number of rotatable bonds is 2. The van der Waals surface area contributed by atoms with Gasteiger partial charge in [0.2, 0.25) is 0 Å². The minimum absolute atomic E-state index is 0.0151. The van der Waals surface area contributed by atoms with Gasteiger partial charge in [-0.15, -0.1) is 0 Å². The molecule has 1 saturated heterocycles. The standard InChI is InChI=1S/C10H11N3OS2/c1-3-13-9(14)8(16-10(13)15)6-7-4-5-11-12(7)2/h4-6H,3H2,1-2H3/b8-6-. The molecule has 2 rings (SSSR count). The molecule has 1 aromatic heterocycles. The normalized spacial score (nSPS) is 18.9. The predicted octanol–water partition coefficient (Wildman–Crippen LogP) is 1.64. The smallest absolute Gasteiger partial charge is 0.266 e. The second-order valence-corrected chi connectivity index (χ2v) is 4.98. The van der Waals surface area contributed by atoms with E-state index in [9.17, 15) is 4.79 Å². The van der Waals surface area contributed by atoms with Crippen LogP contribution in [0.3, 0.4) is 0 Å². The number of hydrogen-bond donors (Lipinski definition) is 0. The number of aryl methyl sites for hydroxylation is 1. The molecule has 0 bridgehead atoms. The van der Waals surface area contributed by atoms with Crippen LogP contribution in [0.4, 0.5) is 0 Å². The number of aromatic nitrogens is 2. The molecule has 0 aliphatic carbocycles. The molecule has 84 valence electrons. The fraction of sp³-hybridized carbons (Fsp3) is 0.300. The summed E-state index contributed by atoms with van der Waals surface area (Å²) < 4.78 is 2.35. The van der Waals surface area contributed by atoms with Crippen molar-refractivity contribution in [3.63, 3.8) is 0 Å². The Morgan fingerprint density at radius 2 is 2.38 bits per heavy atom. The zero-order chi connectivity index (χ0) is 11.7. The number of amides is 1. The number of thioether (sulfide) groups is 1. The molecule has 0 N–H and O–H groups in total. The Morgan fingerprint density at radius 1 is 1.62 bits per heavy atom. The summed E-state index contributed by atoms with van der Waals surface area (Å²) in [7, 11) is 1.84. The first-order valence-corrected chi connectivity index (χ1v) is 6.09. The molecule has 1 aliphatic heterocycles. The van der Waals surface area contributed by atoms with E-state index >= 15 is 0 Å². The summed E-state index contributed by atoms with van der Waals surface area (Å²) in [5.41, 5.74) is 0.900. The van der Waals surface area contributed by atoms with Crippen molar-refractivity contribution >= 4 is 40.3 Å². The van der Waals surface area contributed by atoms with Gasteiger partial charge in [-0.05, 0) is 19.1 Å². The van der Waals surface area contributed by atoms with Gasteiger partial charge in [0.25, 0.3) is 5.91 Å². The monoisotopic (exact) mass is 253 g/mol. The van der Waals surface area contributed by atoms with Crippen molar-refractivity contribution < 1.29 is 4.79 Å². The van der Waals surface area contributed by atoms with Gasteiger partial charge in [0.15, 0.2) is 0 Å². The molecule has 0 radical (unpaired) electrons. The van der Waals surface area contributed by atoms with E-state index < -0.39 is 0 Å². The highest BCUT2D eigenvalue weighted by molar-refractivity contribution is 8.26. The molecule has 1 aliphatic rings. The topological polar surface area (TPSA) is 38.1 Å². The van der Waals surface area contributed by atoms with Crippen LogP contribution in [0.15, 0.2) is 17.2 Å². The van der Waals surface area contributed by atoms with Crippen molar-refractivity contribution in [1.29, 1.82) is 0 Å². The number of likely N-dealkylation sites (N-methyl/N-ethyl adjacent to an activating group) is 1. The molecular formula is C10H11N3OS2. The second-order valence-electron chi connectivity index (χ2n) is 3.31. The predicted molar refractivity (Wildman–Crippen MR) is 68.8 cm³/mol. The van der Waals surface area contributed by atoms with E-state index in [1.807, 2.05) is 26.1 Å². The van der Waals surface area contributed by atoms with Crippen molar-refractivity contribution in [2.45, 2.75) is 6.92 Å². The highest BCUT2D eigenvalue weighted by Gasteiger charge is 2.30. The zero-order valence-electron chi connectivity index (χ0n) is 9.01. The average Bonchev–Trinajstić information content (AvgIpc) is 2.74. The lowest BCUT2D eigenvalue weighted by atomic mass is 10.3. The van der Waals surface area contributed by atoms with E-state index in [-0.39, 0.29) is 5.91 Å². The molecule has 4 nitrogen and oxygen atoms in total. The first-order valence-electron chi connectivity index (χ1n) is 4.87. The molecule has 0 aromatic carbocycles. The Morgan fingerprint density at radius 3 is 2.88 bits per heavy atom. The second kappa shape index (κ2) is 4.39. The lowest BCUT2D eigenvalue weighted by Gasteiger charge is -2.09. The van der Waals surface area contributed by atoms with Crippen LogP contribution in [0, 0.1) is 0 Å². The fourth-order valence-electron chi connectivity index (χ4n) is 1.43. The molecule has 1 aromatic rings. The Labute approximate surface area is 103 Å². The van der Waals surface area contributed by atoms with Crippen molar-refractivity contribution in [3.05, 3.63) is 22.9 Å². The fourth-order valence-corrected chi connectivity index (χ4v) is 2.80. The van der Waals surface area contributed by atoms with Gasteiger partial charge >= 0.3 is 0 Å². The molecular weight excluding hydrogens is 242 g/mol. The maximum absolute atomic E-state index is 11.9. The number of carbonyl (C=O) groups is 1. The Balaban J connectivity index is 2.31. The first-order chi connectivity index (χ1) is 7.63. The summed E-state index contributed by atoms with van der Waals surface area (Å²) in [5, 5.41) is 4.05. The molecule has 1 amide bonds. The molecule has 6 heteroatoms. The van der Waals surface area contributed by atoms with Crippen LogP contribution < -0.4 is 0 Å². The SMILES string of the molecule is CCN1C(=O)/C(=C/c2ccnn2C)SC1=S. The van der Waals surface area contributed by atoms with Gasteiger partial charge in [0, 0.05) is 19.8 Å². The van der Waals surface area contributed by atoms with E-state index in [1.165, 1.54) is 11.8 Å². The largest absolute Gasteiger partial charge is 0.293 e. The van der Waals surface area contributed by atoms with E-state index in [4.69, 9.17) is 12.2 Å². The summed E-state index contributed by atoms with van der Waals surface area (Å²) >= 11 is 6.47. The lowest BCUT2D eigenvalue weighted by molar-refractivity contribution is -0.121. The third-order valence-electron chi connectivity index (χ3n) is 2.33. The summed E-state index contributed by atoms with van der Waals surface area (Å²) in [6.07, 6.45) is 3.52. The summed E-state index contributed by atoms with van der Waals surface area (Å²) in [6, 6.07) is 1.86. The molecule has 1 fully saturated rings. The van der Waals surface area contributed by atoms with Crippen molar-refractivity contribution in [3.8, 4) is 0 Å². The molecule has 2 heterocycles. The average molecular weight is 253 g/mol. The van der Waals surface area contributed by atoms with Crippen LogP contribution in [0.25, 0.3) is 6.08 Å². The van der Waals surface area contributed by atoms with Crippen LogP contribution in [0.2, 0.25) is 0 Å². The van der Waals surface area contributed by atoms with Crippen molar-refractivity contribution in [2.24, 2.45) is 7.05 Å². The maximum atomic E-state index is 11.9. The van der Waals surface area contributed by atoms with Crippen LogP contribution in [-0.4, -0.2) is 31.5 Å². The highest BCUT2D eigenvalue weighted by atomic mass is 32.2. The number of hydrogen-bond acceptors (Lipinski definition) is 4. The lowest BCUT2D eigenvalue weighted by Crippen LogP contribution is -2.27. The maximum Gasteiger partial charge on any atom is 0.266 e. The van der Waals surface area contributed by atoms with Gasteiger partial charge < -0.3 is 0 Å². The van der Waals surface area contributed by atoms with Crippen LogP contribution in [-0.2, 0) is 11.8 Å². The van der Waals surface area contributed by atoms with E-state index in [1.54, 1.807) is 15.8 Å². The summed E-state index contributed by atoms with van der Waals surface area (Å²) in [5.74, 6) is -0.0151. The summed E-state index contributed by atoms with van der Waals surface area (Å²) in [6.45, 7) is 2.53. The van der Waals surface area contributed by atoms with Crippen LogP contribution in [0.5, 0.6) is 0 Å². The van der Waals surface area contributed by atoms with Gasteiger partial charge in [0.05, 0.1) is 10.6 Å². The molecule has 0 saturated carbocycles. The Hall–Kier alpha value is -1.14.